The van der Waals surface area contributed by atoms with Crippen LogP contribution in [0.1, 0.15) is 21.5 Å². The molecule has 0 atom stereocenters. The van der Waals surface area contributed by atoms with E-state index < -0.39 is 68.4 Å². The summed E-state index contributed by atoms with van der Waals surface area (Å²) >= 11 is 1.86. The number of carbonyl (C=O) groups is 1. The summed E-state index contributed by atoms with van der Waals surface area (Å²) in [5, 5.41) is 2.36. The van der Waals surface area contributed by atoms with E-state index in [0.717, 1.165) is 31.4 Å². The minimum Gasteiger partial charge on any atom is -0.350 e. The molecular weight excluding hydrogens is 607 g/mol. The van der Waals surface area contributed by atoms with Crippen LogP contribution >= 0.6 is 22.6 Å². The van der Waals surface area contributed by atoms with Gasteiger partial charge in [-0.25, -0.2) is 33.1 Å². The minimum atomic E-state index is -4.11. The molecule has 1 amide bonds. The predicted octanol–water partition coefficient (Wildman–Crippen LogP) is 3.06. The number of nitrogens with one attached hydrogen (secondary N) is 4. The molecular formula is C20H17F4IN6O3S. The summed E-state index contributed by atoms with van der Waals surface area (Å²) in [5.74, 6) is -1.45. The molecule has 3 aromatic rings. The van der Waals surface area contributed by atoms with Crippen LogP contribution in [0.15, 0.2) is 36.5 Å². The molecule has 0 saturated carbocycles. The maximum Gasteiger partial charge on any atom is 0.300 e. The molecule has 15 heteroatoms. The molecule has 0 aliphatic carbocycles. The molecule has 9 nitrogen and oxygen atoms in total. The maximum atomic E-state index is 15.1. The monoisotopic (exact) mass is 624 g/mol. The van der Waals surface area contributed by atoms with E-state index >= 15 is 4.39 Å². The fourth-order valence-electron chi connectivity index (χ4n) is 2.99. The molecule has 2 aromatic carbocycles. The first-order valence-corrected chi connectivity index (χ1v) is 12.1. The van der Waals surface area contributed by atoms with Crippen molar-refractivity contribution >= 4 is 55.9 Å². The van der Waals surface area contributed by atoms with Gasteiger partial charge in [-0.1, -0.05) is 0 Å². The SMILES string of the molecule is CNS(=O)(=O)Nc1nccc(Cc2cc(C(=O)NN)c(Nc3ccc(I)cc3F)c(F)c2F)c1F. The molecule has 0 aliphatic heterocycles. The summed E-state index contributed by atoms with van der Waals surface area (Å²) in [5.41, 5.74) is -0.321. The van der Waals surface area contributed by atoms with Crippen molar-refractivity contribution in [2.24, 2.45) is 5.84 Å². The zero-order chi connectivity index (χ0) is 25.9. The van der Waals surface area contributed by atoms with Crippen LogP contribution in [0.25, 0.3) is 0 Å². The van der Waals surface area contributed by atoms with Gasteiger partial charge in [0.2, 0.25) is 0 Å². The van der Waals surface area contributed by atoms with Crippen LogP contribution in [-0.2, 0) is 16.6 Å². The lowest BCUT2D eigenvalue weighted by atomic mass is 9.99. The smallest absolute Gasteiger partial charge is 0.300 e. The fraction of sp³-hybridized carbons (Fsp3) is 0.100. The van der Waals surface area contributed by atoms with E-state index in [9.17, 15) is 26.4 Å². The molecule has 35 heavy (non-hydrogen) atoms. The highest BCUT2D eigenvalue weighted by atomic mass is 127. The van der Waals surface area contributed by atoms with E-state index in [0.29, 0.717) is 3.57 Å². The van der Waals surface area contributed by atoms with Gasteiger partial charge >= 0.3 is 0 Å². The molecule has 3 rings (SSSR count). The van der Waals surface area contributed by atoms with Crippen LogP contribution in [-0.4, -0.2) is 26.4 Å². The third-order valence-electron chi connectivity index (χ3n) is 4.70. The van der Waals surface area contributed by atoms with Crippen molar-refractivity contribution < 1.29 is 30.8 Å². The topological polar surface area (TPSA) is 138 Å². The number of hydrogen-bond donors (Lipinski definition) is 5. The second-order valence-electron chi connectivity index (χ2n) is 6.93. The first kappa shape index (κ1) is 26.6. The van der Waals surface area contributed by atoms with Crippen molar-refractivity contribution in [3.8, 4) is 0 Å². The van der Waals surface area contributed by atoms with Gasteiger partial charge in [-0.05, 0) is 64.0 Å². The molecule has 0 spiro atoms. The maximum absolute atomic E-state index is 15.1. The predicted molar refractivity (Wildman–Crippen MR) is 129 cm³/mol. The van der Waals surface area contributed by atoms with Gasteiger partial charge in [0.15, 0.2) is 23.3 Å². The number of benzene rings is 2. The Morgan fingerprint density at radius 2 is 1.77 bits per heavy atom. The zero-order valence-electron chi connectivity index (χ0n) is 17.7. The number of hydrazine groups is 1. The number of halogens is 5. The van der Waals surface area contributed by atoms with Crippen LogP contribution in [0.3, 0.4) is 0 Å². The number of aromatic nitrogens is 1. The second kappa shape index (κ2) is 10.7. The summed E-state index contributed by atoms with van der Waals surface area (Å²) in [4.78, 5) is 15.9. The Kier molecular flexibility index (Phi) is 8.14. The van der Waals surface area contributed by atoms with Crippen LogP contribution in [0.5, 0.6) is 0 Å². The largest absolute Gasteiger partial charge is 0.350 e. The van der Waals surface area contributed by atoms with Crippen molar-refractivity contribution in [2.45, 2.75) is 6.42 Å². The van der Waals surface area contributed by atoms with Crippen molar-refractivity contribution in [1.82, 2.24) is 15.1 Å². The average Bonchev–Trinajstić information content (AvgIpc) is 2.81. The van der Waals surface area contributed by atoms with Crippen LogP contribution < -0.4 is 26.0 Å². The van der Waals surface area contributed by atoms with Crippen LogP contribution in [0.4, 0.5) is 34.8 Å². The molecule has 0 aliphatic rings. The molecule has 0 radical (unpaired) electrons. The molecule has 0 bridgehead atoms. The van der Waals surface area contributed by atoms with E-state index in [1.807, 2.05) is 32.0 Å². The van der Waals surface area contributed by atoms with E-state index in [1.54, 1.807) is 5.43 Å². The average molecular weight is 624 g/mol. The molecule has 186 valence electrons. The Morgan fingerprint density at radius 1 is 1.06 bits per heavy atom. The number of amides is 1. The van der Waals surface area contributed by atoms with Gasteiger partial charge in [0, 0.05) is 23.2 Å². The first-order valence-electron chi connectivity index (χ1n) is 9.56. The van der Waals surface area contributed by atoms with Gasteiger partial charge in [0.05, 0.1) is 16.9 Å². The Bertz CT molecular complexity index is 1410. The van der Waals surface area contributed by atoms with Crippen LogP contribution in [0, 0.1) is 26.8 Å². The lowest BCUT2D eigenvalue weighted by molar-refractivity contribution is 0.0954. The Morgan fingerprint density at radius 3 is 2.40 bits per heavy atom. The quantitative estimate of drug-likeness (QED) is 0.0860. The van der Waals surface area contributed by atoms with E-state index in [4.69, 9.17) is 5.84 Å². The third-order valence-corrected chi connectivity index (χ3v) is 6.37. The Hall–Kier alpha value is -3.02. The zero-order valence-corrected chi connectivity index (χ0v) is 20.7. The van der Waals surface area contributed by atoms with Gasteiger partial charge in [-0.2, -0.15) is 8.42 Å². The second-order valence-corrected chi connectivity index (χ2v) is 9.79. The number of nitrogens with zero attached hydrogens (tertiary/aromatic N) is 1. The Labute approximate surface area is 210 Å². The summed E-state index contributed by atoms with van der Waals surface area (Å²) in [6, 6.07) is 5.96. The van der Waals surface area contributed by atoms with Gasteiger partial charge in [-0.3, -0.25) is 14.9 Å². The summed E-state index contributed by atoms with van der Waals surface area (Å²) in [6.45, 7) is 0. The van der Waals surface area contributed by atoms with Gasteiger partial charge < -0.3 is 5.32 Å². The Balaban J connectivity index is 2.07. The van der Waals surface area contributed by atoms with Gasteiger partial charge in [0.1, 0.15) is 5.82 Å². The number of anilines is 3. The number of pyridine rings is 1. The first-order chi connectivity index (χ1) is 16.5. The van der Waals surface area contributed by atoms with E-state index in [1.165, 1.54) is 12.1 Å². The summed E-state index contributed by atoms with van der Waals surface area (Å²) < 4.78 is 86.8. The lowest BCUT2D eigenvalue weighted by Crippen LogP contribution is -2.31. The normalized spacial score (nSPS) is 11.3. The lowest BCUT2D eigenvalue weighted by Gasteiger charge is -2.16. The molecule has 1 heterocycles. The van der Waals surface area contributed by atoms with Gasteiger partial charge in [0.25, 0.3) is 16.1 Å². The summed E-state index contributed by atoms with van der Waals surface area (Å²) in [7, 11) is -3.02. The highest BCUT2D eigenvalue weighted by molar-refractivity contribution is 14.1. The van der Waals surface area contributed by atoms with Crippen molar-refractivity contribution in [2.75, 3.05) is 17.1 Å². The van der Waals surface area contributed by atoms with E-state index in [-0.39, 0.29) is 11.3 Å². The number of nitrogen functional groups attached to an aromatic ring is 1. The number of rotatable bonds is 8. The molecule has 6 N–H and O–H groups in total. The number of nitrogens with two attached hydrogens (primary N) is 1. The third kappa shape index (κ3) is 5.98. The summed E-state index contributed by atoms with van der Waals surface area (Å²) in [6.07, 6.45) is 0.470. The minimum absolute atomic E-state index is 0.232. The van der Waals surface area contributed by atoms with Crippen molar-refractivity contribution in [1.29, 1.82) is 0 Å². The van der Waals surface area contributed by atoms with Crippen LogP contribution in [0.2, 0.25) is 0 Å². The molecule has 1 aromatic heterocycles. The number of carbonyl (C=O) groups excluding carboxylic acids is 1. The molecule has 0 unspecified atom stereocenters. The fourth-order valence-corrected chi connectivity index (χ4v) is 3.94. The highest BCUT2D eigenvalue weighted by Crippen LogP contribution is 2.32. The molecule has 0 fully saturated rings. The highest BCUT2D eigenvalue weighted by Gasteiger charge is 2.25. The number of hydrogen-bond acceptors (Lipinski definition) is 6. The molecule has 0 saturated heterocycles. The van der Waals surface area contributed by atoms with Crippen molar-refractivity contribution in [3.63, 3.8) is 0 Å². The standard InChI is InChI=1S/C20H17F4IN6O3S/c1-27-35(33,34)31-19-16(23)9(4-5-28-19)6-10-7-12(20(32)30-26)18(17(24)15(10)22)29-14-3-2-11(25)8-13(14)21/h2-5,7-8,27,29H,6,26H2,1H3,(H,28,31)(H,30,32). The van der Waals surface area contributed by atoms with Gasteiger partial charge in [-0.15, -0.1) is 0 Å². The van der Waals surface area contributed by atoms with Crippen molar-refractivity contribution in [3.05, 3.63) is 80.1 Å². The van der Waals surface area contributed by atoms with E-state index in [2.05, 4.69) is 10.3 Å².